The zero-order valence-electron chi connectivity index (χ0n) is 22.9. The van der Waals surface area contributed by atoms with Crippen LogP contribution in [-0.4, -0.2) is 23.0 Å². The minimum Gasteiger partial charge on any atom is -0.324 e. The summed E-state index contributed by atoms with van der Waals surface area (Å²) < 4.78 is 53.7. The summed E-state index contributed by atoms with van der Waals surface area (Å²) in [6.07, 6.45) is -3.39. The molecule has 0 saturated heterocycles. The number of nitrogens with one attached hydrogen (secondary N) is 3. The number of carbonyl (C=O) groups is 3. The zero-order chi connectivity index (χ0) is 31.9. The summed E-state index contributed by atoms with van der Waals surface area (Å²) in [7, 11) is 0. The molecule has 3 amide bonds. The van der Waals surface area contributed by atoms with Crippen LogP contribution < -0.4 is 16.0 Å². The first-order chi connectivity index (χ1) is 20.9. The fraction of sp³-hybridized carbons (Fsp3) is 0.0938. The molecule has 12 heteroatoms. The molecule has 0 aliphatic rings. The van der Waals surface area contributed by atoms with Crippen LogP contribution in [0.5, 0.6) is 0 Å². The average Bonchev–Trinajstić information content (AvgIpc) is 2.99. The molecule has 4 aromatic rings. The number of amides is 3. The van der Waals surface area contributed by atoms with Gasteiger partial charge < -0.3 is 16.0 Å². The van der Waals surface area contributed by atoms with Gasteiger partial charge in [-0.15, -0.1) is 11.8 Å². The third-order valence-electron chi connectivity index (χ3n) is 6.06. The van der Waals surface area contributed by atoms with E-state index in [4.69, 9.17) is 11.6 Å². The Hall–Kier alpha value is -4.61. The Kier molecular flexibility index (Phi) is 10.5. The molecule has 3 N–H and O–H groups in total. The van der Waals surface area contributed by atoms with E-state index in [1.165, 1.54) is 24.3 Å². The predicted molar refractivity (Wildman–Crippen MR) is 164 cm³/mol. The normalized spacial score (nSPS) is 12.3. The highest BCUT2D eigenvalue weighted by molar-refractivity contribution is 8.00. The topological polar surface area (TPSA) is 87.3 Å². The number of rotatable bonds is 9. The Morgan fingerprint density at radius 2 is 1.57 bits per heavy atom. The molecule has 1 unspecified atom stereocenters. The highest BCUT2D eigenvalue weighted by Gasteiger charge is 2.31. The van der Waals surface area contributed by atoms with Gasteiger partial charge in [-0.2, -0.15) is 13.2 Å². The van der Waals surface area contributed by atoms with Crippen LogP contribution in [0.25, 0.3) is 6.08 Å². The molecule has 226 valence electrons. The summed E-state index contributed by atoms with van der Waals surface area (Å²) in [5, 5.41) is 6.81. The van der Waals surface area contributed by atoms with Crippen LogP contribution in [0, 0.1) is 5.82 Å². The number of halogens is 5. The van der Waals surface area contributed by atoms with Crippen molar-refractivity contribution in [2.24, 2.45) is 0 Å². The lowest BCUT2D eigenvalue weighted by molar-refractivity contribution is -0.137. The average molecular weight is 642 g/mol. The van der Waals surface area contributed by atoms with Gasteiger partial charge in [0.1, 0.15) is 11.5 Å². The standard InChI is InChI=1S/C32H24ClF4N3O3S/c1-19(29(41)39-27-17-22(32(35,36)37)14-15-25(27)33)44-24-12-7-11-23(18-24)38-31(43)28(16-21-10-5-6-13-26(21)34)40-30(42)20-8-3-2-4-9-20/h2-19H,1H3,(H,38,43)(H,39,41)(H,40,42)/b28-16-. The van der Waals surface area contributed by atoms with Crippen molar-refractivity contribution in [2.45, 2.75) is 23.2 Å². The highest BCUT2D eigenvalue weighted by atomic mass is 35.5. The van der Waals surface area contributed by atoms with Crippen LogP contribution in [0.2, 0.25) is 5.02 Å². The maximum Gasteiger partial charge on any atom is 0.416 e. The van der Waals surface area contributed by atoms with Gasteiger partial charge in [0, 0.05) is 21.7 Å². The van der Waals surface area contributed by atoms with E-state index >= 15 is 0 Å². The number of carbonyl (C=O) groups excluding carboxylic acids is 3. The summed E-state index contributed by atoms with van der Waals surface area (Å²) >= 11 is 7.08. The van der Waals surface area contributed by atoms with E-state index in [1.807, 2.05) is 0 Å². The Bertz CT molecular complexity index is 1710. The van der Waals surface area contributed by atoms with Gasteiger partial charge in [0.05, 0.1) is 21.5 Å². The third kappa shape index (κ3) is 8.71. The lowest BCUT2D eigenvalue weighted by Crippen LogP contribution is -2.30. The summed E-state index contributed by atoms with van der Waals surface area (Å²) in [6.45, 7) is 1.56. The predicted octanol–water partition coefficient (Wildman–Crippen LogP) is 8.03. The van der Waals surface area contributed by atoms with E-state index in [1.54, 1.807) is 67.6 Å². The first-order valence-electron chi connectivity index (χ1n) is 13.0. The molecule has 0 aliphatic heterocycles. The van der Waals surface area contributed by atoms with Crippen molar-refractivity contribution in [3.63, 3.8) is 0 Å². The third-order valence-corrected chi connectivity index (χ3v) is 7.48. The van der Waals surface area contributed by atoms with Gasteiger partial charge in [-0.05, 0) is 67.6 Å². The molecule has 0 radical (unpaired) electrons. The number of anilines is 2. The molecular weight excluding hydrogens is 618 g/mol. The number of benzene rings is 4. The molecule has 0 fully saturated rings. The van der Waals surface area contributed by atoms with E-state index in [2.05, 4.69) is 16.0 Å². The molecule has 0 spiro atoms. The van der Waals surface area contributed by atoms with Gasteiger partial charge in [0.15, 0.2) is 0 Å². The SMILES string of the molecule is CC(Sc1cccc(NC(=O)/C(=C/c2ccccc2F)NC(=O)c2ccccc2)c1)C(=O)Nc1cc(C(F)(F)F)ccc1Cl. The Morgan fingerprint density at radius 3 is 2.27 bits per heavy atom. The number of hydrogen-bond acceptors (Lipinski definition) is 4. The molecule has 0 aromatic heterocycles. The van der Waals surface area contributed by atoms with Crippen LogP contribution in [0.1, 0.15) is 28.4 Å². The monoisotopic (exact) mass is 641 g/mol. The van der Waals surface area contributed by atoms with Crippen molar-refractivity contribution in [1.29, 1.82) is 0 Å². The number of alkyl halides is 3. The summed E-state index contributed by atoms with van der Waals surface area (Å²) in [6, 6.07) is 23.0. The van der Waals surface area contributed by atoms with Crippen LogP contribution in [0.15, 0.2) is 108 Å². The lowest BCUT2D eigenvalue weighted by Gasteiger charge is -2.15. The van der Waals surface area contributed by atoms with E-state index in [0.717, 1.165) is 30.0 Å². The van der Waals surface area contributed by atoms with Gasteiger partial charge >= 0.3 is 6.18 Å². The molecule has 4 rings (SSSR count). The molecule has 44 heavy (non-hydrogen) atoms. The number of hydrogen-bond donors (Lipinski definition) is 3. The second-order valence-electron chi connectivity index (χ2n) is 9.32. The molecule has 0 bridgehead atoms. The summed E-state index contributed by atoms with van der Waals surface area (Å²) in [5.74, 6) is -2.49. The summed E-state index contributed by atoms with van der Waals surface area (Å²) in [5.41, 5.74) is -0.668. The number of thioether (sulfide) groups is 1. The molecule has 0 heterocycles. The van der Waals surface area contributed by atoms with Crippen molar-refractivity contribution >= 4 is 58.5 Å². The largest absolute Gasteiger partial charge is 0.416 e. The van der Waals surface area contributed by atoms with Gasteiger partial charge in [-0.1, -0.05) is 54.1 Å². The van der Waals surface area contributed by atoms with Crippen molar-refractivity contribution < 1.29 is 31.9 Å². The van der Waals surface area contributed by atoms with Gasteiger partial charge in [0.2, 0.25) is 5.91 Å². The maximum absolute atomic E-state index is 14.4. The van der Waals surface area contributed by atoms with Crippen molar-refractivity contribution in [1.82, 2.24) is 5.32 Å². The highest BCUT2D eigenvalue weighted by Crippen LogP contribution is 2.34. The molecule has 0 aliphatic carbocycles. The minimum absolute atomic E-state index is 0.0492. The van der Waals surface area contributed by atoms with Crippen LogP contribution >= 0.6 is 23.4 Å². The lowest BCUT2D eigenvalue weighted by atomic mass is 10.1. The molecular formula is C32H24ClF4N3O3S. The molecule has 4 aromatic carbocycles. The van der Waals surface area contributed by atoms with Crippen LogP contribution in [0.4, 0.5) is 28.9 Å². The minimum atomic E-state index is -4.61. The zero-order valence-corrected chi connectivity index (χ0v) is 24.5. The first kappa shape index (κ1) is 32.3. The van der Waals surface area contributed by atoms with Gasteiger partial charge in [0.25, 0.3) is 11.8 Å². The molecule has 0 saturated carbocycles. The smallest absolute Gasteiger partial charge is 0.324 e. The Labute approximate surface area is 259 Å². The second-order valence-corrected chi connectivity index (χ2v) is 11.1. The van der Waals surface area contributed by atoms with E-state index in [9.17, 15) is 31.9 Å². The van der Waals surface area contributed by atoms with Crippen LogP contribution in [-0.2, 0) is 15.8 Å². The fourth-order valence-corrected chi connectivity index (χ4v) is 4.92. The Balaban J connectivity index is 1.48. The van der Waals surface area contributed by atoms with E-state index in [-0.39, 0.29) is 27.5 Å². The van der Waals surface area contributed by atoms with Crippen molar-refractivity contribution in [3.05, 3.63) is 130 Å². The maximum atomic E-state index is 14.4. The molecule has 6 nitrogen and oxygen atoms in total. The molecule has 1 atom stereocenters. The van der Waals surface area contributed by atoms with Gasteiger partial charge in [-0.25, -0.2) is 4.39 Å². The quantitative estimate of drug-likeness (QED) is 0.0981. The Morgan fingerprint density at radius 1 is 0.864 bits per heavy atom. The van der Waals surface area contributed by atoms with Crippen molar-refractivity contribution in [3.8, 4) is 0 Å². The van der Waals surface area contributed by atoms with Gasteiger partial charge in [-0.3, -0.25) is 14.4 Å². The van der Waals surface area contributed by atoms with E-state index < -0.39 is 40.5 Å². The van der Waals surface area contributed by atoms with Crippen LogP contribution in [0.3, 0.4) is 0 Å². The van der Waals surface area contributed by atoms with Crippen molar-refractivity contribution in [2.75, 3.05) is 10.6 Å². The second kappa shape index (κ2) is 14.2. The summed E-state index contributed by atoms with van der Waals surface area (Å²) in [4.78, 5) is 39.4. The van der Waals surface area contributed by atoms with E-state index in [0.29, 0.717) is 10.6 Å². The first-order valence-corrected chi connectivity index (χ1v) is 14.2. The fourth-order valence-electron chi connectivity index (χ4n) is 3.83.